The maximum atomic E-state index is 14.4. The van der Waals surface area contributed by atoms with Gasteiger partial charge in [0.1, 0.15) is 23.6 Å². The number of nitrogens with zero attached hydrogens (tertiary/aromatic N) is 3. The van der Waals surface area contributed by atoms with Crippen molar-refractivity contribution >= 4 is 73.1 Å². The number of carbonyl (C=O) groups is 5. The highest BCUT2D eigenvalue weighted by Gasteiger charge is 2.72. The van der Waals surface area contributed by atoms with Gasteiger partial charge in [-0.05, 0) is 102 Å². The number of ether oxygens (including phenoxy) is 1. The Bertz CT molecular complexity index is 2870. The Morgan fingerprint density at radius 3 is 2.04 bits per heavy atom. The summed E-state index contributed by atoms with van der Waals surface area (Å²) in [5.41, 5.74) is 3.35. The predicted octanol–water partition coefficient (Wildman–Crippen LogP) is 3.05. The molecule has 0 unspecified atom stereocenters. The molecule has 2 aliphatic carbocycles. The van der Waals surface area contributed by atoms with Crippen molar-refractivity contribution in [1.82, 2.24) is 35.6 Å². The van der Waals surface area contributed by atoms with E-state index < -0.39 is 53.0 Å². The van der Waals surface area contributed by atoms with E-state index >= 15 is 0 Å². The first kappa shape index (κ1) is 53.9. The number of piperazine rings is 1. The molecule has 4 aromatic rings. The lowest BCUT2D eigenvalue weighted by atomic mass is 9.79. The number of benzene rings is 3. The van der Waals surface area contributed by atoms with Crippen molar-refractivity contribution in [2.75, 3.05) is 83.3 Å². The Balaban J connectivity index is 0.000000193. The Hall–Kier alpha value is -5.91. The van der Waals surface area contributed by atoms with Crippen LogP contribution in [0.15, 0.2) is 53.1 Å². The van der Waals surface area contributed by atoms with Gasteiger partial charge < -0.3 is 62.0 Å². The van der Waals surface area contributed by atoms with Crippen molar-refractivity contribution in [3.8, 4) is 11.5 Å². The van der Waals surface area contributed by atoms with E-state index in [-0.39, 0.29) is 70.7 Å². The van der Waals surface area contributed by atoms with Crippen molar-refractivity contribution in [3.63, 3.8) is 0 Å². The Morgan fingerprint density at radius 2 is 1.47 bits per heavy atom. The molecule has 75 heavy (non-hydrogen) atoms. The molecule has 10 rings (SSSR count). The van der Waals surface area contributed by atoms with Gasteiger partial charge in [-0.3, -0.25) is 38.5 Å². The van der Waals surface area contributed by atoms with Crippen LogP contribution >= 0.6 is 15.9 Å². The summed E-state index contributed by atoms with van der Waals surface area (Å²) < 4.78 is 7.43. The zero-order chi connectivity index (χ0) is 53.7. The summed E-state index contributed by atoms with van der Waals surface area (Å²) in [4.78, 5) is 77.5. The number of halogens is 1. The second-order valence-corrected chi connectivity index (χ2v) is 21.7. The summed E-state index contributed by atoms with van der Waals surface area (Å²) in [5.74, 6) is -5.88. The maximum absolute atomic E-state index is 14.4. The first-order valence-electron chi connectivity index (χ1n) is 25.9. The maximum Gasteiger partial charge on any atom is 0.281 e. The smallest absolute Gasteiger partial charge is 0.281 e. The summed E-state index contributed by atoms with van der Waals surface area (Å²) >= 11 is 3.70. The topological polar surface area (TPSA) is 281 Å². The van der Waals surface area contributed by atoms with Crippen LogP contribution in [-0.4, -0.2) is 177 Å². The van der Waals surface area contributed by atoms with Gasteiger partial charge in [-0.2, -0.15) is 0 Å². The molecule has 6 aliphatic rings. The first-order valence-corrected chi connectivity index (χ1v) is 26.7. The van der Waals surface area contributed by atoms with Gasteiger partial charge in [0.2, 0.25) is 29.1 Å². The second kappa shape index (κ2) is 21.6. The highest BCUT2D eigenvalue weighted by Crippen LogP contribution is 2.49. The van der Waals surface area contributed by atoms with Crippen molar-refractivity contribution < 1.29 is 54.2 Å². The lowest BCUT2D eigenvalue weighted by molar-refractivity contribution is -0.322. The SMILES string of the molecule is CC(C)C[C@H]1C(=O)N2CCC[C@H]2[C@]2(O)O[C@](NC(=O)[C@@H]3C=C4c5cccc6[nH]c(Br)c(c56)C[C@H]4N(C)C3)(C(C)C)C(=O)N12.O=C1c2c(O)ccc(O)c2C(=O)c2c(NCCNCCO)ccc(NCCNCCO)c21. The molecule has 3 saturated heterocycles. The molecule has 20 nitrogen and oxygen atoms in total. The molecule has 0 radical (unpaired) electrons. The van der Waals surface area contributed by atoms with Crippen molar-refractivity contribution in [2.45, 2.75) is 83.1 Å². The van der Waals surface area contributed by atoms with Crippen LogP contribution in [0.25, 0.3) is 16.5 Å². The quantitative estimate of drug-likeness (QED) is 0.0472. The van der Waals surface area contributed by atoms with E-state index in [1.807, 2.05) is 33.0 Å². The van der Waals surface area contributed by atoms with Crippen LogP contribution in [0.1, 0.15) is 89.9 Å². The number of aliphatic hydroxyl groups is 3. The fourth-order valence-electron chi connectivity index (χ4n) is 11.8. The first-order chi connectivity index (χ1) is 35.9. The lowest BCUT2D eigenvalue weighted by Gasteiger charge is -2.49. The van der Waals surface area contributed by atoms with Gasteiger partial charge in [-0.15, -0.1) is 0 Å². The molecule has 0 bridgehead atoms. The van der Waals surface area contributed by atoms with E-state index in [1.54, 1.807) is 30.9 Å². The number of hydrogen-bond donors (Lipinski definition) is 11. The Kier molecular flexibility index (Phi) is 15.5. The number of carbonyl (C=O) groups excluding carboxylic acids is 5. The number of phenolic OH excluding ortho intramolecular Hbond substituents is 2. The van der Waals surface area contributed by atoms with Gasteiger partial charge >= 0.3 is 0 Å². The molecule has 6 atom stereocenters. The average Bonchev–Trinajstić information content (AvgIpc) is 4.07. The molecule has 11 N–H and O–H groups in total. The number of aromatic nitrogens is 1. The minimum absolute atomic E-state index is 0.00939. The number of amides is 3. The van der Waals surface area contributed by atoms with Gasteiger partial charge in [-0.25, -0.2) is 0 Å². The normalized spacial score (nSPS) is 24.7. The van der Waals surface area contributed by atoms with Gasteiger partial charge in [-0.1, -0.05) is 45.9 Å². The Labute approximate surface area is 443 Å². The molecule has 0 spiro atoms. The number of H-pyrrole nitrogens is 1. The summed E-state index contributed by atoms with van der Waals surface area (Å²) in [6.07, 6.45) is 4.49. The molecule has 1 aromatic heterocycles. The molecule has 402 valence electrons. The monoisotopic (exact) mass is 1100 g/mol. The zero-order valence-electron chi connectivity index (χ0n) is 42.9. The third-order valence-electron chi connectivity index (χ3n) is 15.3. The number of phenols is 2. The fraction of sp³-hybridized carbons (Fsp3) is 0.500. The van der Waals surface area contributed by atoms with E-state index in [0.717, 1.165) is 34.1 Å². The Morgan fingerprint density at radius 1 is 0.853 bits per heavy atom. The highest BCUT2D eigenvalue weighted by atomic mass is 79.9. The standard InChI is InChI=1S/C32H40BrN5O5.C22H28N4O6/c1-16(2)12-24-29(40)37-11-7-10-25(37)32(42)38(24)30(41)31(43-32,17(3)4)35-28(39)18-13-20-19-8-6-9-22-26(19)21(27(33)34-22)14-23(20)36(5)15-18;27-11-9-23-5-7-25-13-1-2-14(26-8-6-24-10-12-28)18-17(13)21(31)19-15(29)3-4-16(30)20(19)22(18)32/h6,8-9,13,16-18,23-25,34,42H,7,10-12,14-15H2,1-5H3,(H,35,39);1-4,23-30H,5-12H2/t18-,23-,24+,25+,31-,32+;/m1./s1. The number of aromatic amines is 1. The van der Waals surface area contributed by atoms with Crippen LogP contribution in [0.4, 0.5) is 11.4 Å². The minimum atomic E-state index is -2.01. The molecule has 4 aliphatic heterocycles. The van der Waals surface area contributed by atoms with Crippen molar-refractivity contribution in [2.24, 2.45) is 17.8 Å². The molecular weight excluding hydrogens is 1030 g/mol. The van der Waals surface area contributed by atoms with Crippen LogP contribution in [0.2, 0.25) is 0 Å². The lowest BCUT2D eigenvalue weighted by Crippen LogP contribution is -2.71. The average molecular weight is 1100 g/mol. The molecule has 3 aromatic carbocycles. The van der Waals surface area contributed by atoms with Gasteiger partial charge in [0, 0.05) is 86.6 Å². The van der Waals surface area contributed by atoms with E-state index in [2.05, 4.69) is 64.5 Å². The third-order valence-corrected chi connectivity index (χ3v) is 16.0. The molecular formula is C54H68BrN9O11. The zero-order valence-corrected chi connectivity index (χ0v) is 44.5. The van der Waals surface area contributed by atoms with Crippen LogP contribution < -0.4 is 26.6 Å². The summed E-state index contributed by atoms with van der Waals surface area (Å²) in [6, 6.07) is 10.5. The van der Waals surface area contributed by atoms with Gasteiger partial charge in [0.15, 0.2) is 0 Å². The summed E-state index contributed by atoms with van der Waals surface area (Å²) in [6.45, 7) is 11.4. The number of aliphatic hydroxyl groups excluding tert-OH is 2. The van der Waals surface area contributed by atoms with E-state index in [4.69, 9.17) is 14.9 Å². The number of aromatic hydroxyl groups is 2. The van der Waals surface area contributed by atoms with Gasteiger partial charge in [0.05, 0.1) is 46.0 Å². The number of nitrogens with one attached hydrogen (secondary N) is 6. The van der Waals surface area contributed by atoms with E-state index in [9.17, 15) is 39.3 Å². The number of rotatable bonds is 17. The number of ketones is 2. The molecule has 0 saturated carbocycles. The van der Waals surface area contributed by atoms with E-state index in [1.165, 1.54) is 28.0 Å². The minimum Gasteiger partial charge on any atom is -0.507 e. The van der Waals surface area contributed by atoms with Crippen molar-refractivity contribution in [3.05, 3.63) is 86.5 Å². The summed E-state index contributed by atoms with van der Waals surface area (Å²) in [7, 11) is 2.03. The third kappa shape index (κ3) is 9.48. The molecule has 21 heteroatoms. The molecule has 3 amide bonds. The van der Waals surface area contributed by atoms with Crippen molar-refractivity contribution in [1.29, 1.82) is 0 Å². The predicted molar refractivity (Wildman–Crippen MR) is 284 cm³/mol. The molecule has 5 heterocycles. The number of likely N-dealkylation sites (N-methyl/N-ethyl adjacent to an activating group) is 1. The number of hydrogen-bond acceptors (Lipinski definition) is 16. The van der Waals surface area contributed by atoms with Crippen LogP contribution in [0, 0.1) is 17.8 Å². The molecule has 3 fully saturated rings. The van der Waals surface area contributed by atoms with E-state index in [0.29, 0.717) is 76.6 Å². The summed E-state index contributed by atoms with van der Waals surface area (Å²) in [5, 5.41) is 66.9. The largest absolute Gasteiger partial charge is 0.507 e. The second-order valence-electron chi connectivity index (χ2n) is 20.9. The van der Waals surface area contributed by atoms with Crippen LogP contribution in [-0.2, 0) is 25.5 Å². The van der Waals surface area contributed by atoms with Gasteiger partial charge in [0.25, 0.3) is 11.8 Å². The number of anilines is 2. The number of fused-ring (bicyclic) bond motifs is 7. The van der Waals surface area contributed by atoms with Crippen LogP contribution in [0.3, 0.4) is 0 Å². The fourth-order valence-corrected chi connectivity index (χ4v) is 12.4. The highest BCUT2D eigenvalue weighted by molar-refractivity contribution is 9.10. The van der Waals surface area contributed by atoms with Crippen LogP contribution in [0.5, 0.6) is 11.5 Å².